The van der Waals surface area contributed by atoms with Crippen molar-refractivity contribution in [1.82, 2.24) is 0 Å². The van der Waals surface area contributed by atoms with E-state index >= 15 is 0 Å². The van der Waals surface area contributed by atoms with Gasteiger partial charge in [-0.2, -0.15) is 0 Å². The predicted molar refractivity (Wildman–Crippen MR) is 31.9 cm³/mol. The number of hydrogen-bond donors (Lipinski definition) is 4. The van der Waals surface area contributed by atoms with Gasteiger partial charge in [0.25, 0.3) is 0 Å². The fourth-order valence-electron chi connectivity index (χ4n) is 0.829. The number of hydrogen-bond acceptors (Lipinski definition) is 5. The lowest BCUT2D eigenvalue weighted by atomic mass is 10.1. The molecule has 1 heterocycles. The van der Waals surface area contributed by atoms with Crippen molar-refractivity contribution in [3.63, 3.8) is 0 Å². The molecule has 0 spiro atoms. The molecule has 1 rings (SSSR count). The number of ether oxygens (including phenoxy) is 1. The zero-order valence-electron chi connectivity index (χ0n) is 5.34. The molecular formula is C5H11NO4. The number of rotatable bonds is 0. The Morgan fingerprint density at radius 1 is 1.20 bits per heavy atom. The van der Waals surface area contributed by atoms with E-state index in [1.807, 2.05) is 0 Å². The first kappa shape index (κ1) is 7.90. The summed E-state index contributed by atoms with van der Waals surface area (Å²) >= 11 is 0. The maximum absolute atomic E-state index is 8.96. The zero-order valence-corrected chi connectivity index (χ0v) is 5.34. The Hall–Kier alpha value is -0.200. The normalized spacial score (nSPS) is 49.2. The van der Waals surface area contributed by atoms with Crippen LogP contribution in [-0.2, 0) is 4.74 Å². The molecule has 4 atom stereocenters. The standard InChI is InChI=1S/C5H11NO4/c6-5-4(9)3(8)2(7)1-10-5/h2-5,7-9H,1,6H2/t2-,3?,4?,5+/m0/s1. The van der Waals surface area contributed by atoms with E-state index in [1.165, 1.54) is 0 Å². The highest BCUT2D eigenvalue weighted by Crippen LogP contribution is 2.11. The van der Waals surface area contributed by atoms with E-state index < -0.39 is 24.5 Å². The van der Waals surface area contributed by atoms with Gasteiger partial charge in [0.1, 0.15) is 24.5 Å². The van der Waals surface area contributed by atoms with Gasteiger partial charge in [-0.3, -0.25) is 0 Å². The van der Waals surface area contributed by atoms with E-state index in [9.17, 15) is 0 Å². The first-order chi connectivity index (χ1) is 4.63. The fraction of sp³-hybridized carbons (Fsp3) is 1.00. The van der Waals surface area contributed by atoms with Crippen LogP contribution in [-0.4, -0.2) is 46.5 Å². The molecule has 0 aliphatic carbocycles. The van der Waals surface area contributed by atoms with Crippen molar-refractivity contribution in [2.24, 2.45) is 5.73 Å². The largest absolute Gasteiger partial charge is 0.388 e. The minimum Gasteiger partial charge on any atom is -0.388 e. The SMILES string of the molecule is N[C@@H]1OC[C@H](O)C(O)C1O. The third-order valence-corrected chi connectivity index (χ3v) is 1.54. The monoisotopic (exact) mass is 149 g/mol. The molecule has 2 unspecified atom stereocenters. The van der Waals surface area contributed by atoms with E-state index in [4.69, 9.17) is 25.8 Å². The van der Waals surface area contributed by atoms with Crippen LogP contribution in [0.4, 0.5) is 0 Å². The molecule has 5 N–H and O–H groups in total. The van der Waals surface area contributed by atoms with Gasteiger partial charge in [-0.15, -0.1) is 0 Å². The van der Waals surface area contributed by atoms with Gasteiger partial charge in [0, 0.05) is 0 Å². The fourth-order valence-corrected chi connectivity index (χ4v) is 0.829. The molecule has 1 saturated heterocycles. The Kier molecular flexibility index (Phi) is 2.22. The van der Waals surface area contributed by atoms with Crippen LogP contribution in [0.25, 0.3) is 0 Å². The number of aliphatic hydroxyl groups is 3. The van der Waals surface area contributed by atoms with E-state index in [1.54, 1.807) is 0 Å². The van der Waals surface area contributed by atoms with Gasteiger partial charge in [-0.25, -0.2) is 0 Å². The van der Waals surface area contributed by atoms with E-state index in [0.717, 1.165) is 0 Å². The van der Waals surface area contributed by atoms with E-state index in [0.29, 0.717) is 0 Å². The van der Waals surface area contributed by atoms with Crippen LogP contribution in [0.2, 0.25) is 0 Å². The minimum atomic E-state index is -1.19. The minimum absolute atomic E-state index is 0.0284. The molecule has 0 bridgehead atoms. The molecule has 0 aromatic carbocycles. The summed E-state index contributed by atoms with van der Waals surface area (Å²) in [6.45, 7) is -0.0284. The smallest absolute Gasteiger partial charge is 0.134 e. The summed E-state index contributed by atoms with van der Waals surface area (Å²) in [5.41, 5.74) is 5.19. The average Bonchev–Trinajstić information content (AvgIpc) is 1.93. The second-order valence-corrected chi connectivity index (χ2v) is 2.35. The Morgan fingerprint density at radius 2 is 1.80 bits per heavy atom. The van der Waals surface area contributed by atoms with Crippen molar-refractivity contribution in [2.45, 2.75) is 24.5 Å². The summed E-state index contributed by atoms with van der Waals surface area (Å²) < 4.78 is 4.69. The maximum atomic E-state index is 8.96. The van der Waals surface area contributed by atoms with Crippen LogP contribution in [0.5, 0.6) is 0 Å². The molecule has 0 aromatic heterocycles. The van der Waals surface area contributed by atoms with Crippen molar-refractivity contribution in [3.8, 4) is 0 Å². The maximum Gasteiger partial charge on any atom is 0.134 e. The molecule has 0 saturated carbocycles. The van der Waals surface area contributed by atoms with Gasteiger partial charge in [0.15, 0.2) is 0 Å². The predicted octanol–water partition coefficient (Wildman–Crippen LogP) is -2.62. The summed E-state index contributed by atoms with van der Waals surface area (Å²) in [7, 11) is 0. The number of nitrogens with two attached hydrogens (primary N) is 1. The first-order valence-electron chi connectivity index (χ1n) is 3.04. The number of aliphatic hydroxyl groups excluding tert-OH is 3. The molecule has 0 radical (unpaired) electrons. The molecule has 0 aromatic rings. The van der Waals surface area contributed by atoms with E-state index in [-0.39, 0.29) is 6.61 Å². The molecule has 10 heavy (non-hydrogen) atoms. The highest BCUT2D eigenvalue weighted by atomic mass is 16.5. The highest BCUT2D eigenvalue weighted by Gasteiger charge is 2.35. The van der Waals surface area contributed by atoms with Gasteiger partial charge < -0.3 is 25.8 Å². The zero-order chi connectivity index (χ0) is 7.72. The van der Waals surface area contributed by atoms with Gasteiger partial charge in [-0.05, 0) is 0 Å². The van der Waals surface area contributed by atoms with Crippen molar-refractivity contribution in [2.75, 3.05) is 6.61 Å². The summed E-state index contributed by atoms with van der Waals surface area (Å²) in [6, 6.07) is 0. The molecule has 1 aliphatic rings. The topological polar surface area (TPSA) is 95.9 Å². The summed E-state index contributed by atoms with van der Waals surface area (Å²) in [5.74, 6) is 0. The van der Waals surface area contributed by atoms with Gasteiger partial charge >= 0.3 is 0 Å². The molecule has 1 fully saturated rings. The second kappa shape index (κ2) is 2.81. The van der Waals surface area contributed by atoms with Gasteiger partial charge in [0.05, 0.1) is 6.61 Å². The van der Waals surface area contributed by atoms with Crippen molar-refractivity contribution >= 4 is 0 Å². The van der Waals surface area contributed by atoms with Crippen molar-refractivity contribution in [1.29, 1.82) is 0 Å². The van der Waals surface area contributed by atoms with E-state index in [2.05, 4.69) is 0 Å². The molecule has 60 valence electrons. The summed E-state index contributed by atoms with van der Waals surface area (Å²) in [6.07, 6.45) is -4.30. The molecule has 5 nitrogen and oxygen atoms in total. The highest BCUT2D eigenvalue weighted by molar-refractivity contribution is 4.83. The Morgan fingerprint density at radius 3 is 2.30 bits per heavy atom. The molecule has 5 heteroatoms. The van der Waals surface area contributed by atoms with Crippen molar-refractivity contribution < 1.29 is 20.1 Å². The lowest BCUT2D eigenvalue weighted by molar-refractivity contribution is -0.184. The van der Waals surface area contributed by atoms with Crippen LogP contribution in [0, 0.1) is 0 Å². The Balaban J connectivity index is 2.52. The van der Waals surface area contributed by atoms with Crippen LogP contribution < -0.4 is 5.73 Å². The van der Waals surface area contributed by atoms with Gasteiger partial charge in [-0.1, -0.05) is 0 Å². The Labute approximate surface area is 58.0 Å². The van der Waals surface area contributed by atoms with Crippen LogP contribution in [0.15, 0.2) is 0 Å². The summed E-state index contributed by atoms with van der Waals surface area (Å²) in [5, 5.41) is 26.8. The lowest BCUT2D eigenvalue weighted by Gasteiger charge is -2.32. The van der Waals surface area contributed by atoms with Crippen LogP contribution in [0.1, 0.15) is 0 Å². The molecule has 1 aliphatic heterocycles. The van der Waals surface area contributed by atoms with Gasteiger partial charge in [0.2, 0.25) is 0 Å². The Bertz CT molecular complexity index is 106. The first-order valence-corrected chi connectivity index (χ1v) is 3.04. The lowest BCUT2D eigenvalue weighted by Crippen LogP contribution is -2.56. The van der Waals surface area contributed by atoms with Crippen molar-refractivity contribution in [3.05, 3.63) is 0 Å². The second-order valence-electron chi connectivity index (χ2n) is 2.35. The van der Waals surface area contributed by atoms with Crippen LogP contribution >= 0.6 is 0 Å². The third-order valence-electron chi connectivity index (χ3n) is 1.54. The third kappa shape index (κ3) is 1.28. The molecule has 0 amide bonds. The molecular weight excluding hydrogens is 138 g/mol. The average molecular weight is 149 g/mol. The summed E-state index contributed by atoms with van der Waals surface area (Å²) in [4.78, 5) is 0. The quantitative estimate of drug-likeness (QED) is 0.302. The van der Waals surface area contributed by atoms with Crippen LogP contribution in [0.3, 0.4) is 0 Å².